The van der Waals surface area contributed by atoms with E-state index >= 15 is 0 Å². The fraction of sp³-hybridized carbons (Fsp3) is 1.00. The summed E-state index contributed by atoms with van der Waals surface area (Å²) < 4.78 is 0. The molecule has 0 aliphatic carbocycles. The van der Waals surface area contributed by atoms with Gasteiger partial charge in [-0.2, -0.15) is 6.55 Å². The monoisotopic (exact) mass is 87.0 g/mol. The molecule has 0 aromatic heterocycles. The number of nitrogens with two attached hydrogens (primary N) is 1. The van der Waals surface area contributed by atoms with E-state index in [2.05, 4.69) is 9.76 Å². The fourth-order valence-electron chi connectivity index (χ4n) is 0. The molecule has 0 heterocycles. The van der Waals surface area contributed by atoms with Crippen LogP contribution in [-0.2, 0) is 0 Å². The molecule has 0 atom stereocenters. The summed E-state index contributed by atoms with van der Waals surface area (Å²) in [5.74, 6) is 0. The van der Waals surface area contributed by atoms with Crippen LogP contribution in [0.2, 0.25) is 6.55 Å². The van der Waals surface area contributed by atoms with Gasteiger partial charge in [0.05, 0.1) is 0 Å². The Morgan fingerprint density at radius 1 is 2.00 bits per heavy atom. The van der Waals surface area contributed by atoms with Gasteiger partial charge in [-0.25, -0.2) is 18.2 Å². The van der Waals surface area contributed by atoms with Crippen molar-refractivity contribution >= 4 is 18.2 Å². The minimum atomic E-state index is -0.574. The summed E-state index contributed by atoms with van der Waals surface area (Å²) in [4.78, 5) is 0. The van der Waals surface area contributed by atoms with Gasteiger partial charge < -0.3 is 5.40 Å². The van der Waals surface area contributed by atoms with E-state index in [1.54, 1.807) is 0 Å². The molecule has 0 amide bonds. The van der Waals surface area contributed by atoms with Crippen LogP contribution in [0.1, 0.15) is 0 Å². The summed E-state index contributed by atoms with van der Waals surface area (Å²) in [5.41, 5.74) is 0. The van der Waals surface area contributed by atoms with Crippen LogP contribution in [0.3, 0.4) is 0 Å². The SMILES string of the molecule is C[Si-](N)[Si]. The first-order chi connectivity index (χ1) is 1.73. The molecule has 23 valence electrons. The van der Waals surface area contributed by atoms with Crippen molar-refractivity contribution in [1.29, 1.82) is 0 Å². The highest BCUT2D eigenvalue weighted by atomic mass is 29.2. The van der Waals surface area contributed by atoms with Crippen LogP contribution in [-0.4, -0.2) is 18.2 Å². The molecule has 0 spiro atoms. The molecular weight excluding hydrogens is 82.2 g/mol. The molecule has 0 unspecified atom stereocenters. The average molecular weight is 87.2 g/mol. The second-order valence-electron chi connectivity index (χ2n) is 0.683. The molecule has 4 heavy (non-hydrogen) atoms. The van der Waals surface area contributed by atoms with Crippen molar-refractivity contribution in [1.82, 2.24) is 0 Å². The normalized spacial score (nSPS) is 9.00. The highest BCUT2D eigenvalue weighted by Gasteiger charge is 1.49. The van der Waals surface area contributed by atoms with E-state index in [1.807, 2.05) is 6.55 Å². The van der Waals surface area contributed by atoms with Crippen molar-refractivity contribution in [2.75, 3.05) is 0 Å². The molecule has 0 rings (SSSR count). The third kappa shape index (κ3) is 30.0. The Balaban J connectivity index is 2.32. The predicted octanol–water partition coefficient (Wildman–Crippen LogP) is -0.768. The second-order valence-corrected chi connectivity index (χ2v) is 4.42. The van der Waals surface area contributed by atoms with Crippen molar-refractivity contribution in [2.45, 2.75) is 6.55 Å². The summed E-state index contributed by atoms with van der Waals surface area (Å²) in [6.45, 7) is 1.96. The average Bonchev–Trinajstić information content (AvgIpc) is 0.811. The molecule has 3 heteroatoms. The lowest BCUT2D eigenvalue weighted by Crippen LogP contribution is -2.20. The van der Waals surface area contributed by atoms with Crippen molar-refractivity contribution in [2.24, 2.45) is 5.40 Å². The molecule has 3 radical (unpaired) electrons. The Labute approximate surface area is 31.1 Å². The van der Waals surface area contributed by atoms with Gasteiger partial charge in [-0.15, -0.1) is 0 Å². The maximum absolute atomic E-state index is 5.13. The Morgan fingerprint density at radius 2 is 2.00 bits per heavy atom. The first-order valence-corrected chi connectivity index (χ1v) is 4.62. The van der Waals surface area contributed by atoms with Gasteiger partial charge in [0.25, 0.3) is 0 Å². The van der Waals surface area contributed by atoms with Gasteiger partial charge in [-0.3, -0.25) is 0 Å². The molecule has 0 bridgehead atoms. The van der Waals surface area contributed by atoms with Gasteiger partial charge in [0, 0.05) is 0 Å². The minimum absolute atomic E-state index is 0.574. The Kier molecular flexibility index (Phi) is 1.85. The van der Waals surface area contributed by atoms with Crippen LogP contribution in [0.5, 0.6) is 0 Å². The minimum Gasteiger partial charge on any atom is -0.503 e. The fourth-order valence-corrected chi connectivity index (χ4v) is 0. The lowest BCUT2D eigenvalue weighted by Gasteiger charge is -1.99. The molecule has 0 aromatic rings. The van der Waals surface area contributed by atoms with E-state index in [4.69, 9.17) is 5.40 Å². The Morgan fingerprint density at radius 3 is 2.00 bits per heavy atom. The number of rotatable bonds is 0. The molecule has 2 N–H and O–H groups in total. The lowest BCUT2D eigenvalue weighted by atomic mass is 11.9. The van der Waals surface area contributed by atoms with Crippen molar-refractivity contribution in [3.63, 3.8) is 0 Å². The quantitative estimate of drug-likeness (QED) is 0.386. The van der Waals surface area contributed by atoms with Crippen LogP contribution in [0.4, 0.5) is 0 Å². The molecule has 0 fully saturated rings. The summed E-state index contributed by atoms with van der Waals surface area (Å²) >= 11 is 0. The maximum Gasteiger partial charge on any atom is -0.181 e. The van der Waals surface area contributed by atoms with Crippen LogP contribution in [0.15, 0.2) is 0 Å². The van der Waals surface area contributed by atoms with Crippen LogP contribution >= 0.6 is 0 Å². The van der Waals surface area contributed by atoms with E-state index in [1.165, 1.54) is 0 Å². The molecule has 0 saturated carbocycles. The van der Waals surface area contributed by atoms with Gasteiger partial charge in [0.1, 0.15) is 0 Å². The van der Waals surface area contributed by atoms with Crippen molar-refractivity contribution in [3.8, 4) is 0 Å². The molecule has 1 nitrogen and oxygen atoms in total. The molecule has 0 saturated heterocycles. The third-order valence-electron chi connectivity index (χ3n) is 0. The molecule has 0 aliphatic rings. The van der Waals surface area contributed by atoms with Crippen molar-refractivity contribution < 1.29 is 0 Å². The van der Waals surface area contributed by atoms with E-state index in [-0.39, 0.29) is 0 Å². The van der Waals surface area contributed by atoms with E-state index in [0.717, 1.165) is 0 Å². The van der Waals surface area contributed by atoms with Crippen molar-refractivity contribution in [3.05, 3.63) is 0 Å². The highest BCUT2D eigenvalue weighted by molar-refractivity contribution is 7.00. The second kappa shape index (κ2) is 1.69. The predicted molar refractivity (Wildman–Crippen MR) is 21.6 cm³/mol. The zero-order valence-corrected chi connectivity index (χ0v) is 4.58. The smallest absolute Gasteiger partial charge is 0.181 e. The van der Waals surface area contributed by atoms with Gasteiger partial charge in [0.2, 0.25) is 0 Å². The van der Waals surface area contributed by atoms with Crippen LogP contribution in [0.25, 0.3) is 0 Å². The molecular formula is CH5NSi2-. The summed E-state index contributed by atoms with van der Waals surface area (Å²) in [5, 5.41) is 5.13. The number of hydrogen-bond acceptors (Lipinski definition) is 1. The van der Waals surface area contributed by atoms with Gasteiger partial charge in [0.15, 0.2) is 0 Å². The Hall–Kier alpha value is 0.394. The first-order valence-electron chi connectivity index (χ1n) is 1.04. The molecule has 0 aromatic carbocycles. The lowest BCUT2D eigenvalue weighted by molar-refractivity contribution is 1.85. The summed E-state index contributed by atoms with van der Waals surface area (Å²) in [7, 11) is 2.62. The first kappa shape index (κ1) is 4.39. The topological polar surface area (TPSA) is 26.0 Å². The standard InChI is InChI=1S/CH5NSi2/c1-4(2)3/h2H2,1H3/q-1. The van der Waals surface area contributed by atoms with E-state index in [9.17, 15) is 0 Å². The highest BCUT2D eigenvalue weighted by Crippen LogP contribution is 1.42. The molecule has 0 aliphatic heterocycles. The van der Waals surface area contributed by atoms with E-state index < -0.39 is 8.48 Å². The Bertz CT molecular complexity index is 10.8. The van der Waals surface area contributed by atoms with Gasteiger partial charge in [-0.1, -0.05) is 0 Å². The third-order valence-corrected chi connectivity index (χ3v) is 0. The largest absolute Gasteiger partial charge is 0.503 e. The van der Waals surface area contributed by atoms with E-state index in [0.29, 0.717) is 0 Å². The summed E-state index contributed by atoms with van der Waals surface area (Å²) in [6.07, 6.45) is 0. The van der Waals surface area contributed by atoms with Crippen LogP contribution < -0.4 is 5.40 Å². The maximum atomic E-state index is 5.13. The zero-order chi connectivity index (χ0) is 3.58. The summed E-state index contributed by atoms with van der Waals surface area (Å²) in [6, 6.07) is 0. The van der Waals surface area contributed by atoms with Crippen LogP contribution in [0, 0.1) is 0 Å². The zero-order valence-electron chi connectivity index (χ0n) is 2.58. The number of hydrogen-bond donors (Lipinski definition) is 1. The van der Waals surface area contributed by atoms with Gasteiger partial charge >= 0.3 is 0 Å². The van der Waals surface area contributed by atoms with Gasteiger partial charge in [-0.05, 0) is 0 Å².